The van der Waals surface area contributed by atoms with Gasteiger partial charge in [0.2, 0.25) is 5.91 Å². The van der Waals surface area contributed by atoms with E-state index in [1.165, 1.54) is 0 Å². The van der Waals surface area contributed by atoms with Gasteiger partial charge < -0.3 is 9.64 Å². The number of carbonyl (C=O) groups is 1. The van der Waals surface area contributed by atoms with Crippen LogP contribution in [-0.2, 0) is 9.53 Å². The third-order valence-corrected chi connectivity index (χ3v) is 4.72. The molecule has 0 aromatic carbocycles. The normalized spacial score (nSPS) is 45.3. The predicted octanol–water partition coefficient (Wildman–Crippen LogP) is 0.0787. The van der Waals surface area contributed by atoms with Crippen LogP contribution < -0.4 is 0 Å². The Bertz CT molecular complexity index is 328. The van der Waals surface area contributed by atoms with Gasteiger partial charge in [-0.1, -0.05) is 0 Å². The van der Waals surface area contributed by atoms with Crippen LogP contribution in [-0.4, -0.2) is 60.1 Å². The Hall–Kier alpha value is -0.610. The van der Waals surface area contributed by atoms with E-state index in [2.05, 4.69) is 4.90 Å². The predicted molar refractivity (Wildman–Crippen MR) is 57.9 cm³/mol. The third-order valence-electron chi connectivity index (χ3n) is 4.72. The zero-order chi connectivity index (χ0) is 10.9. The summed E-state index contributed by atoms with van der Waals surface area (Å²) in [6.45, 7) is 2.20. The largest absolute Gasteiger partial charge is 0.370 e. The van der Waals surface area contributed by atoms with Crippen molar-refractivity contribution in [3.05, 3.63) is 0 Å². The van der Waals surface area contributed by atoms with Crippen molar-refractivity contribution in [2.45, 2.75) is 43.6 Å². The fourth-order valence-corrected chi connectivity index (χ4v) is 3.80. The fourth-order valence-electron chi connectivity index (χ4n) is 3.80. The van der Waals surface area contributed by atoms with E-state index in [1.54, 1.807) is 0 Å². The molecule has 88 valence electrons. The molecule has 4 atom stereocenters. The first kappa shape index (κ1) is 9.42. The quantitative estimate of drug-likeness (QED) is 0.663. The van der Waals surface area contributed by atoms with Gasteiger partial charge in [-0.3, -0.25) is 9.69 Å². The summed E-state index contributed by atoms with van der Waals surface area (Å²) in [5.74, 6) is 0.686. The molecule has 0 aromatic rings. The minimum absolute atomic E-state index is 0.283. The van der Waals surface area contributed by atoms with Gasteiger partial charge in [0.05, 0.1) is 24.3 Å². The van der Waals surface area contributed by atoms with E-state index in [4.69, 9.17) is 4.74 Å². The zero-order valence-corrected chi connectivity index (χ0v) is 9.63. The molecule has 3 aliphatic heterocycles. The molecule has 4 fully saturated rings. The second-order valence-electron chi connectivity index (χ2n) is 5.70. The molecule has 0 aromatic heterocycles. The van der Waals surface area contributed by atoms with Crippen molar-refractivity contribution in [3.63, 3.8) is 0 Å². The number of fused-ring (bicyclic) bond motifs is 1. The molecule has 16 heavy (non-hydrogen) atoms. The highest BCUT2D eigenvalue weighted by Crippen LogP contribution is 2.43. The van der Waals surface area contributed by atoms with Crippen molar-refractivity contribution in [2.24, 2.45) is 5.92 Å². The van der Waals surface area contributed by atoms with E-state index >= 15 is 0 Å². The molecule has 3 heterocycles. The summed E-state index contributed by atoms with van der Waals surface area (Å²) >= 11 is 0. The molecule has 2 bridgehead atoms. The first-order chi connectivity index (χ1) is 7.75. The van der Waals surface area contributed by atoms with Crippen LogP contribution in [0.5, 0.6) is 0 Å². The number of ether oxygens (including phenoxy) is 1. The molecule has 1 saturated carbocycles. The lowest BCUT2D eigenvalue weighted by Gasteiger charge is -2.27. The molecule has 0 spiro atoms. The maximum Gasteiger partial charge on any atom is 0.225 e. The Morgan fingerprint density at radius 2 is 2.12 bits per heavy atom. The highest BCUT2D eigenvalue weighted by molar-refractivity contribution is 5.81. The molecule has 0 radical (unpaired) electrons. The maximum absolute atomic E-state index is 12.1. The van der Waals surface area contributed by atoms with Gasteiger partial charge in [0, 0.05) is 26.1 Å². The van der Waals surface area contributed by atoms with Crippen LogP contribution in [0, 0.1) is 5.92 Å². The first-order valence-electron chi connectivity index (χ1n) is 6.42. The van der Waals surface area contributed by atoms with E-state index in [1.807, 2.05) is 11.9 Å². The highest BCUT2D eigenvalue weighted by Gasteiger charge is 2.59. The lowest BCUT2D eigenvalue weighted by atomic mass is 10.0. The van der Waals surface area contributed by atoms with Crippen molar-refractivity contribution in [2.75, 3.05) is 20.1 Å². The molecule has 4 nitrogen and oxygen atoms in total. The van der Waals surface area contributed by atoms with Crippen molar-refractivity contribution in [3.8, 4) is 0 Å². The van der Waals surface area contributed by atoms with Gasteiger partial charge >= 0.3 is 0 Å². The van der Waals surface area contributed by atoms with Gasteiger partial charge in [-0.15, -0.1) is 0 Å². The topological polar surface area (TPSA) is 32.8 Å². The van der Waals surface area contributed by atoms with Gasteiger partial charge in [-0.2, -0.15) is 0 Å². The number of hydrogen-bond donors (Lipinski definition) is 0. The average Bonchev–Trinajstić information content (AvgIpc) is 2.92. The number of likely N-dealkylation sites (N-methyl/N-ethyl adjacent to an activating group) is 1. The Kier molecular flexibility index (Phi) is 1.76. The number of nitrogens with zero attached hydrogens (tertiary/aromatic N) is 2. The molecule has 4 rings (SSSR count). The summed E-state index contributed by atoms with van der Waals surface area (Å²) in [5.41, 5.74) is 0. The second kappa shape index (κ2) is 2.99. The molecule has 0 unspecified atom stereocenters. The Morgan fingerprint density at radius 1 is 1.31 bits per heavy atom. The molecule has 0 N–H and O–H groups in total. The smallest absolute Gasteiger partial charge is 0.225 e. The molecule has 1 amide bonds. The van der Waals surface area contributed by atoms with Gasteiger partial charge in [0.15, 0.2) is 0 Å². The Morgan fingerprint density at radius 3 is 2.81 bits per heavy atom. The second-order valence-corrected chi connectivity index (χ2v) is 5.70. The molecule has 3 saturated heterocycles. The summed E-state index contributed by atoms with van der Waals surface area (Å²) in [6.07, 6.45) is 4.03. The van der Waals surface area contributed by atoms with Crippen LogP contribution in [0.1, 0.15) is 19.3 Å². The summed E-state index contributed by atoms with van der Waals surface area (Å²) in [5, 5.41) is 0. The number of morpholine rings is 1. The average molecular weight is 222 g/mol. The molecule has 4 heteroatoms. The van der Waals surface area contributed by atoms with Crippen LogP contribution in [0.3, 0.4) is 0 Å². The maximum atomic E-state index is 12.1. The molecular weight excluding hydrogens is 204 g/mol. The lowest BCUT2D eigenvalue weighted by Crippen LogP contribution is -2.46. The first-order valence-corrected chi connectivity index (χ1v) is 6.42. The van der Waals surface area contributed by atoms with Crippen LogP contribution in [0.4, 0.5) is 0 Å². The van der Waals surface area contributed by atoms with Gasteiger partial charge in [-0.25, -0.2) is 0 Å². The van der Waals surface area contributed by atoms with Crippen molar-refractivity contribution < 1.29 is 9.53 Å². The fraction of sp³-hybridized carbons (Fsp3) is 0.917. The number of hydrogen-bond acceptors (Lipinski definition) is 3. The SMILES string of the molecule is CN(C(=O)C1CC1)[C@H]1[C@H]2[C@@H]3CCN2C[C@H]1O3. The van der Waals surface area contributed by atoms with Crippen LogP contribution >= 0.6 is 0 Å². The van der Waals surface area contributed by atoms with Crippen LogP contribution in [0.15, 0.2) is 0 Å². The van der Waals surface area contributed by atoms with E-state index in [9.17, 15) is 4.79 Å². The summed E-state index contributed by atoms with van der Waals surface area (Å²) < 4.78 is 6.00. The Labute approximate surface area is 95.5 Å². The van der Waals surface area contributed by atoms with Gasteiger partial charge in [0.1, 0.15) is 0 Å². The van der Waals surface area contributed by atoms with Crippen molar-refractivity contribution in [1.29, 1.82) is 0 Å². The molecular formula is C12H18N2O2. The summed E-state index contributed by atoms with van der Waals surface area (Å²) in [6, 6.07) is 0.832. The van der Waals surface area contributed by atoms with Crippen LogP contribution in [0.25, 0.3) is 0 Å². The van der Waals surface area contributed by atoms with Gasteiger partial charge in [-0.05, 0) is 19.3 Å². The Balaban J connectivity index is 1.58. The zero-order valence-electron chi connectivity index (χ0n) is 9.63. The standard InChI is InChI=1S/C12H18N2O2/c1-13(12(15)7-2-3-7)10-9-6-14-5-4-8(16-9)11(10)14/h7-11H,2-6H2,1H3/t8-,9+,10+,11+/m0/s1. The summed E-state index contributed by atoms with van der Waals surface area (Å²) in [7, 11) is 1.98. The number of rotatable bonds is 2. The van der Waals surface area contributed by atoms with Gasteiger partial charge in [0.25, 0.3) is 0 Å². The number of carbonyl (C=O) groups excluding carboxylic acids is 1. The highest BCUT2D eigenvalue weighted by atomic mass is 16.5. The van der Waals surface area contributed by atoms with Crippen molar-refractivity contribution in [1.82, 2.24) is 9.80 Å². The number of amides is 1. The monoisotopic (exact) mass is 222 g/mol. The minimum atomic E-state index is 0.283. The van der Waals surface area contributed by atoms with E-state index in [-0.39, 0.29) is 6.10 Å². The lowest BCUT2D eigenvalue weighted by molar-refractivity contribution is -0.134. The van der Waals surface area contributed by atoms with Crippen LogP contribution in [0.2, 0.25) is 0 Å². The van der Waals surface area contributed by atoms with E-state index in [0.717, 1.165) is 32.4 Å². The molecule has 4 aliphatic rings. The van der Waals surface area contributed by atoms with Crippen molar-refractivity contribution >= 4 is 5.91 Å². The summed E-state index contributed by atoms with van der Waals surface area (Å²) in [4.78, 5) is 16.6. The minimum Gasteiger partial charge on any atom is -0.370 e. The van der Waals surface area contributed by atoms with E-state index < -0.39 is 0 Å². The molecule has 1 aliphatic carbocycles. The third kappa shape index (κ3) is 1.09. The van der Waals surface area contributed by atoms with E-state index in [0.29, 0.717) is 30.0 Å².